The molecule has 4 heteroatoms. The second kappa shape index (κ2) is 5.01. The zero-order valence-corrected chi connectivity index (χ0v) is 9.44. The SMILES string of the molecule is COCCc1cc2nc(C=O)ccc2cc1F. The Morgan fingerprint density at radius 3 is 2.94 bits per heavy atom. The number of benzene rings is 1. The lowest BCUT2D eigenvalue weighted by molar-refractivity contribution is 0.111. The van der Waals surface area contributed by atoms with Gasteiger partial charge in [-0.15, -0.1) is 0 Å². The highest BCUT2D eigenvalue weighted by Crippen LogP contribution is 2.18. The van der Waals surface area contributed by atoms with Crippen LogP contribution in [0.15, 0.2) is 24.3 Å². The van der Waals surface area contributed by atoms with Crippen molar-refractivity contribution in [2.24, 2.45) is 0 Å². The molecule has 0 atom stereocenters. The fourth-order valence-electron chi connectivity index (χ4n) is 1.67. The van der Waals surface area contributed by atoms with Crippen LogP contribution >= 0.6 is 0 Å². The summed E-state index contributed by atoms with van der Waals surface area (Å²) in [4.78, 5) is 14.7. The fraction of sp³-hybridized carbons (Fsp3) is 0.231. The molecule has 0 bridgehead atoms. The molecule has 0 amide bonds. The first-order valence-corrected chi connectivity index (χ1v) is 5.28. The number of aldehydes is 1. The Balaban J connectivity index is 2.48. The molecule has 1 aromatic heterocycles. The number of fused-ring (bicyclic) bond motifs is 1. The van der Waals surface area contributed by atoms with Crippen LogP contribution in [0.1, 0.15) is 16.1 Å². The monoisotopic (exact) mass is 233 g/mol. The van der Waals surface area contributed by atoms with Gasteiger partial charge in [0, 0.05) is 12.5 Å². The van der Waals surface area contributed by atoms with Gasteiger partial charge in [-0.05, 0) is 30.2 Å². The van der Waals surface area contributed by atoms with E-state index < -0.39 is 0 Å². The Kier molecular flexibility index (Phi) is 3.44. The standard InChI is InChI=1S/C13H12FNO2/c1-17-5-4-9-7-13-10(6-12(9)14)2-3-11(8-16)15-13/h2-3,6-8H,4-5H2,1H3. The van der Waals surface area contributed by atoms with E-state index in [1.54, 1.807) is 25.3 Å². The molecule has 88 valence electrons. The lowest BCUT2D eigenvalue weighted by Gasteiger charge is -2.05. The lowest BCUT2D eigenvalue weighted by atomic mass is 10.1. The number of hydrogen-bond donors (Lipinski definition) is 0. The lowest BCUT2D eigenvalue weighted by Crippen LogP contribution is -1.99. The molecule has 0 aliphatic carbocycles. The number of nitrogens with zero attached hydrogens (tertiary/aromatic N) is 1. The first-order chi connectivity index (χ1) is 8.24. The molecular weight excluding hydrogens is 221 g/mol. The minimum Gasteiger partial charge on any atom is -0.384 e. The van der Waals surface area contributed by atoms with Gasteiger partial charge in [0.15, 0.2) is 6.29 Å². The molecule has 0 aliphatic heterocycles. The minimum absolute atomic E-state index is 0.268. The van der Waals surface area contributed by atoms with Crippen LogP contribution in [0.2, 0.25) is 0 Å². The van der Waals surface area contributed by atoms with Gasteiger partial charge in [-0.3, -0.25) is 4.79 Å². The van der Waals surface area contributed by atoms with Crippen molar-refractivity contribution in [3.63, 3.8) is 0 Å². The quantitative estimate of drug-likeness (QED) is 0.761. The Hall–Kier alpha value is -1.81. The van der Waals surface area contributed by atoms with Crippen LogP contribution in [-0.2, 0) is 11.2 Å². The normalized spacial score (nSPS) is 10.7. The third-order valence-corrected chi connectivity index (χ3v) is 2.58. The maximum absolute atomic E-state index is 13.7. The van der Waals surface area contributed by atoms with E-state index in [1.807, 2.05) is 0 Å². The van der Waals surface area contributed by atoms with Gasteiger partial charge in [0.2, 0.25) is 0 Å². The summed E-state index contributed by atoms with van der Waals surface area (Å²) in [7, 11) is 1.57. The Morgan fingerprint density at radius 1 is 1.41 bits per heavy atom. The molecule has 2 aromatic rings. The van der Waals surface area contributed by atoms with Crippen LogP contribution in [-0.4, -0.2) is 25.0 Å². The van der Waals surface area contributed by atoms with E-state index >= 15 is 0 Å². The highest BCUT2D eigenvalue weighted by atomic mass is 19.1. The number of carbonyl (C=O) groups is 1. The summed E-state index contributed by atoms with van der Waals surface area (Å²) in [6, 6.07) is 6.36. The summed E-state index contributed by atoms with van der Waals surface area (Å²) >= 11 is 0. The van der Waals surface area contributed by atoms with Crippen molar-refractivity contribution < 1.29 is 13.9 Å². The van der Waals surface area contributed by atoms with E-state index in [2.05, 4.69) is 4.98 Å². The van der Waals surface area contributed by atoms with Gasteiger partial charge >= 0.3 is 0 Å². The van der Waals surface area contributed by atoms with Crippen LogP contribution in [0.25, 0.3) is 10.9 Å². The van der Waals surface area contributed by atoms with Crippen LogP contribution < -0.4 is 0 Å². The molecule has 0 radical (unpaired) electrons. The van der Waals surface area contributed by atoms with Gasteiger partial charge in [0.05, 0.1) is 12.1 Å². The summed E-state index contributed by atoms with van der Waals surface area (Å²) in [6.07, 6.45) is 1.17. The van der Waals surface area contributed by atoms with E-state index in [0.717, 1.165) is 0 Å². The number of ether oxygens (including phenoxy) is 1. The largest absolute Gasteiger partial charge is 0.384 e. The Labute approximate surface area is 98.2 Å². The fourth-order valence-corrected chi connectivity index (χ4v) is 1.67. The van der Waals surface area contributed by atoms with E-state index in [0.29, 0.717) is 41.5 Å². The molecule has 0 saturated carbocycles. The number of aromatic nitrogens is 1. The predicted octanol–water partition coefficient (Wildman–Crippen LogP) is 2.38. The number of hydrogen-bond acceptors (Lipinski definition) is 3. The number of pyridine rings is 1. The summed E-state index contributed by atoms with van der Waals surface area (Å²) in [5.41, 5.74) is 1.53. The highest BCUT2D eigenvalue weighted by Gasteiger charge is 2.06. The van der Waals surface area contributed by atoms with Crippen molar-refractivity contribution in [2.75, 3.05) is 13.7 Å². The zero-order valence-electron chi connectivity index (χ0n) is 9.44. The van der Waals surface area contributed by atoms with Crippen molar-refractivity contribution in [1.82, 2.24) is 4.98 Å². The Bertz CT molecular complexity index is 554. The van der Waals surface area contributed by atoms with Gasteiger partial charge in [-0.1, -0.05) is 6.07 Å². The highest BCUT2D eigenvalue weighted by molar-refractivity contribution is 5.83. The van der Waals surface area contributed by atoms with E-state index in [-0.39, 0.29) is 5.82 Å². The van der Waals surface area contributed by atoms with Gasteiger partial charge in [-0.25, -0.2) is 9.37 Å². The third-order valence-electron chi connectivity index (χ3n) is 2.58. The summed E-state index contributed by atoms with van der Waals surface area (Å²) < 4.78 is 18.6. The summed E-state index contributed by atoms with van der Waals surface area (Å²) in [5.74, 6) is -0.268. The number of carbonyl (C=O) groups excluding carboxylic acids is 1. The van der Waals surface area contributed by atoms with Crippen molar-refractivity contribution in [2.45, 2.75) is 6.42 Å². The minimum atomic E-state index is -0.268. The average Bonchev–Trinajstić information content (AvgIpc) is 2.35. The summed E-state index contributed by atoms with van der Waals surface area (Å²) in [6.45, 7) is 0.454. The van der Waals surface area contributed by atoms with Gasteiger partial charge in [-0.2, -0.15) is 0 Å². The molecule has 0 fully saturated rings. The number of rotatable bonds is 4. The zero-order chi connectivity index (χ0) is 12.3. The van der Waals surface area contributed by atoms with Gasteiger partial charge < -0.3 is 4.74 Å². The van der Waals surface area contributed by atoms with Crippen molar-refractivity contribution in [3.05, 3.63) is 41.3 Å². The van der Waals surface area contributed by atoms with Crippen LogP contribution in [0.3, 0.4) is 0 Å². The second-order valence-corrected chi connectivity index (χ2v) is 3.73. The van der Waals surface area contributed by atoms with Gasteiger partial charge in [0.1, 0.15) is 11.5 Å². The van der Waals surface area contributed by atoms with Crippen molar-refractivity contribution in [1.29, 1.82) is 0 Å². The van der Waals surface area contributed by atoms with E-state index in [9.17, 15) is 9.18 Å². The summed E-state index contributed by atoms with van der Waals surface area (Å²) in [5, 5.41) is 0.689. The molecule has 0 saturated heterocycles. The average molecular weight is 233 g/mol. The Morgan fingerprint density at radius 2 is 2.24 bits per heavy atom. The molecule has 2 rings (SSSR count). The first-order valence-electron chi connectivity index (χ1n) is 5.28. The maximum Gasteiger partial charge on any atom is 0.168 e. The molecule has 0 spiro atoms. The van der Waals surface area contributed by atoms with Gasteiger partial charge in [0.25, 0.3) is 0 Å². The molecular formula is C13H12FNO2. The molecule has 17 heavy (non-hydrogen) atoms. The predicted molar refractivity (Wildman–Crippen MR) is 62.7 cm³/mol. The molecule has 3 nitrogen and oxygen atoms in total. The van der Waals surface area contributed by atoms with Crippen molar-refractivity contribution in [3.8, 4) is 0 Å². The van der Waals surface area contributed by atoms with Crippen LogP contribution in [0, 0.1) is 5.82 Å². The number of methoxy groups -OCH3 is 1. The smallest absolute Gasteiger partial charge is 0.168 e. The molecule has 0 aliphatic rings. The molecule has 1 heterocycles. The van der Waals surface area contributed by atoms with Crippen LogP contribution in [0.4, 0.5) is 4.39 Å². The molecule has 1 aromatic carbocycles. The maximum atomic E-state index is 13.7. The van der Waals surface area contributed by atoms with Crippen molar-refractivity contribution >= 4 is 17.2 Å². The second-order valence-electron chi connectivity index (χ2n) is 3.73. The van der Waals surface area contributed by atoms with E-state index in [1.165, 1.54) is 6.07 Å². The number of halogens is 1. The van der Waals surface area contributed by atoms with E-state index in [4.69, 9.17) is 4.74 Å². The first kappa shape index (κ1) is 11.7. The van der Waals surface area contributed by atoms with Crippen LogP contribution in [0.5, 0.6) is 0 Å². The molecule has 0 unspecified atom stereocenters. The third kappa shape index (κ3) is 2.47. The molecule has 0 N–H and O–H groups in total. The topological polar surface area (TPSA) is 39.2 Å².